The third-order valence-corrected chi connectivity index (χ3v) is 3.82. The molecule has 2 rings (SSSR count). The zero-order valence-corrected chi connectivity index (χ0v) is 11.4. The normalized spacial score (nSPS) is 26.4. The maximum atomic E-state index is 12.2. The van der Waals surface area contributed by atoms with Crippen LogP contribution >= 0.6 is 0 Å². The minimum absolute atomic E-state index is 0.241. The van der Waals surface area contributed by atoms with Gasteiger partial charge < -0.3 is 10.4 Å². The molecule has 3 atom stereocenters. The van der Waals surface area contributed by atoms with Gasteiger partial charge in [-0.2, -0.15) is 5.10 Å². The Hall–Kier alpha value is -1.85. The number of aliphatic carboxylic acids is 1. The molecule has 1 fully saturated rings. The summed E-state index contributed by atoms with van der Waals surface area (Å²) < 4.78 is 1.67. The number of carbonyl (C=O) groups excluding carboxylic acids is 1. The molecule has 1 aliphatic carbocycles. The summed E-state index contributed by atoms with van der Waals surface area (Å²) in [6, 6.07) is 1.77. The average molecular weight is 265 g/mol. The van der Waals surface area contributed by atoms with E-state index in [1.807, 2.05) is 13.8 Å². The Morgan fingerprint density at radius 3 is 2.58 bits per heavy atom. The van der Waals surface area contributed by atoms with E-state index < -0.39 is 17.8 Å². The number of carbonyl (C=O) groups is 2. The summed E-state index contributed by atoms with van der Waals surface area (Å²) >= 11 is 0. The standard InChI is InChI=1S/C13H19N3O3/c1-7-4-9(10(5-7)13(18)19)12(17)14-11-6-8(2)16(3)15-11/h6-7,9-10H,4-5H2,1-3H3,(H,18,19)(H,14,15,17). The van der Waals surface area contributed by atoms with Gasteiger partial charge >= 0.3 is 5.97 Å². The summed E-state index contributed by atoms with van der Waals surface area (Å²) in [5.74, 6) is -1.43. The van der Waals surface area contributed by atoms with Gasteiger partial charge in [-0.3, -0.25) is 14.3 Å². The summed E-state index contributed by atoms with van der Waals surface area (Å²) in [7, 11) is 1.79. The van der Waals surface area contributed by atoms with E-state index in [9.17, 15) is 9.59 Å². The van der Waals surface area contributed by atoms with Gasteiger partial charge in [0.15, 0.2) is 5.82 Å². The SMILES string of the molecule is Cc1cc(NC(=O)C2CC(C)CC2C(=O)O)nn1C. The van der Waals surface area contributed by atoms with Crippen LogP contribution in [-0.2, 0) is 16.6 Å². The molecule has 0 bridgehead atoms. The largest absolute Gasteiger partial charge is 0.481 e. The molecule has 0 spiro atoms. The molecule has 1 aliphatic rings. The van der Waals surface area contributed by atoms with Crippen molar-refractivity contribution in [2.75, 3.05) is 5.32 Å². The van der Waals surface area contributed by atoms with Crippen LogP contribution in [0.15, 0.2) is 6.07 Å². The van der Waals surface area contributed by atoms with Gasteiger partial charge in [-0.15, -0.1) is 0 Å². The first-order chi connectivity index (χ1) is 8.88. The van der Waals surface area contributed by atoms with Crippen molar-refractivity contribution in [1.82, 2.24) is 9.78 Å². The minimum Gasteiger partial charge on any atom is -0.481 e. The molecule has 3 unspecified atom stereocenters. The fourth-order valence-corrected chi connectivity index (χ4v) is 2.70. The summed E-state index contributed by atoms with van der Waals surface area (Å²) in [6.45, 7) is 3.87. The monoisotopic (exact) mass is 265 g/mol. The van der Waals surface area contributed by atoms with Gasteiger partial charge in [0.25, 0.3) is 0 Å². The number of aromatic nitrogens is 2. The van der Waals surface area contributed by atoms with Crippen molar-refractivity contribution in [2.24, 2.45) is 24.8 Å². The number of nitrogens with one attached hydrogen (secondary N) is 1. The number of carboxylic acid groups (broad SMARTS) is 1. The van der Waals surface area contributed by atoms with Gasteiger partial charge in [-0.05, 0) is 25.7 Å². The third kappa shape index (κ3) is 2.77. The number of nitrogens with zero attached hydrogens (tertiary/aromatic N) is 2. The molecule has 0 radical (unpaired) electrons. The van der Waals surface area contributed by atoms with E-state index in [0.29, 0.717) is 18.7 Å². The van der Waals surface area contributed by atoms with Crippen molar-refractivity contribution >= 4 is 17.7 Å². The highest BCUT2D eigenvalue weighted by molar-refractivity contribution is 5.94. The maximum Gasteiger partial charge on any atom is 0.307 e. The minimum atomic E-state index is -0.887. The van der Waals surface area contributed by atoms with Crippen LogP contribution in [0.2, 0.25) is 0 Å². The first kappa shape index (κ1) is 13.6. The van der Waals surface area contributed by atoms with E-state index in [0.717, 1.165) is 5.69 Å². The third-order valence-electron chi connectivity index (χ3n) is 3.82. The van der Waals surface area contributed by atoms with Crippen molar-refractivity contribution in [3.8, 4) is 0 Å². The lowest BCUT2D eigenvalue weighted by atomic mass is 9.95. The molecular weight excluding hydrogens is 246 g/mol. The lowest BCUT2D eigenvalue weighted by molar-refractivity contribution is -0.145. The van der Waals surface area contributed by atoms with Crippen LogP contribution in [0, 0.1) is 24.7 Å². The zero-order valence-electron chi connectivity index (χ0n) is 11.4. The number of rotatable bonds is 3. The van der Waals surface area contributed by atoms with E-state index in [1.165, 1.54) is 0 Å². The molecule has 1 heterocycles. The Morgan fingerprint density at radius 1 is 1.42 bits per heavy atom. The van der Waals surface area contributed by atoms with Gasteiger partial charge in [-0.1, -0.05) is 6.92 Å². The van der Waals surface area contributed by atoms with Crippen LogP contribution in [0.4, 0.5) is 5.82 Å². The van der Waals surface area contributed by atoms with Crippen LogP contribution in [0.3, 0.4) is 0 Å². The van der Waals surface area contributed by atoms with Gasteiger partial charge in [0.05, 0.1) is 11.8 Å². The summed E-state index contributed by atoms with van der Waals surface area (Å²) in [5, 5.41) is 16.0. The van der Waals surface area contributed by atoms with E-state index in [2.05, 4.69) is 10.4 Å². The van der Waals surface area contributed by atoms with E-state index in [4.69, 9.17) is 5.11 Å². The van der Waals surface area contributed by atoms with E-state index in [-0.39, 0.29) is 11.8 Å². The fourth-order valence-electron chi connectivity index (χ4n) is 2.70. The lowest BCUT2D eigenvalue weighted by Crippen LogP contribution is -2.30. The zero-order chi connectivity index (χ0) is 14.2. The quantitative estimate of drug-likeness (QED) is 0.865. The molecule has 6 heteroatoms. The molecule has 2 N–H and O–H groups in total. The number of hydrogen-bond donors (Lipinski definition) is 2. The molecule has 0 saturated heterocycles. The van der Waals surface area contributed by atoms with Gasteiger partial charge in [0.1, 0.15) is 0 Å². The van der Waals surface area contributed by atoms with Gasteiger partial charge in [0.2, 0.25) is 5.91 Å². The fraction of sp³-hybridized carbons (Fsp3) is 0.615. The van der Waals surface area contributed by atoms with E-state index >= 15 is 0 Å². The molecule has 104 valence electrons. The second-order valence-electron chi connectivity index (χ2n) is 5.41. The second kappa shape index (κ2) is 5.03. The van der Waals surface area contributed by atoms with Crippen molar-refractivity contribution < 1.29 is 14.7 Å². The molecule has 0 aliphatic heterocycles. The highest BCUT2D eigenvalue weighted by atomic mass is 16.4. The second-order valence-corrected chi connectivity index (χ2v) is 5.41. The Morgan fingerprint density at radius 2 is 2.05 bits per heavy atom. The molecular formula is C13H19N3O3. The first-order valence-corrected chi connectivity index (χ1v) is 6.42. The molecule has 6 nitrogen and oxygen atoms in total. The Kier molecular flexibility index (Phi) is 3.59. The topological polar surface area (TPSA) is 84.2 Å². The molecule has 0 aromatic carbocycles. The van der Waals surface area contributed by atoms with Gasteiger partial charge in [0, 0.05) is 18.8 Å². The number of amides is 1. The summed E-state index contributed by atoms with van der Waals surface area (Å²) in [5.41, 5.74) is 0.935. The first-order valence-electron chi connectivity index (χ1n) is 6.42. The Labute approximate surface area is 111 Å². The average Bonchev–Trinajstić information content (AvgIpc) is 2.83. The van der Waals surface area contributed by atoms with Crippen LogP contribution in [-0.4, -0.2) is 26.8 Å². The molecule has 1 aromatic heterocycles. The number of anilines is 1. The Balaban J connectivity index is 2.08. The van der Waals surface area contributed by atoms with E-state index in [1.54, 1.807) is 17.8 Å². The van der Waals surface area contributed by atoms with Crippen LogP contribution in [0.1, 0.15) is 25.5 Å². The Bertz CT molecular complexity index is 490. The predicted octanol–water partition coefficient (Wildman–Crippen LogP) is 1.41. The molecule has 1 amide bonds. The van der Waals surface area contributed by atoms with Crippen LogP contribution in [0.5, 0.6) is 0 Å². The number of aryl methyl sites for hydroxylation is 2. The predicted molar refractivity (Wildman–Crippen MR) is 69.6 cm³/mol. The van der Waals surface area contributed by atoms with Gasteiger partial charge in [-0.25, -0.2) is 0 Å². The summed E-state index contributed by atoms with van der Waals surface area (Å²) in [6.07, 6.45) is 1.18. The highest BCUT2D eigenvalue weighted by Gasteiger charge is 2.41. The van der Waals surface area contributed by atoms with Crippen molar-refractivity contribution in [3.63, 3.8) is 0 Å². The molecule has 1 saturated carbocycles. The van der Waals surface area contributed by atoms with Crippen molar-refractivity contribution in [3.05, 3.63) is 11.8 Å². The molecule has 19 heavy (non-hydrogen) atoms. The smallest absolute Gasteiger partial charge is 0.307 e. The number of carboxylic acids is 1. The lowest BCUT2D eigenvalue weighted by Gasteiger charge is -2.14. The van der Waals surface area contributed by atoms with Crippen LogP contribution < -0.4 is 5.32 Å². The maximum absolute atomic E-state index is 12.2. The molecule has 1 aromatic rings. The highest BCUT2D eigenvalue weighted by Crippen LogP contribution is 2.37. The van der Waals surface area contributed by atoms with Crippen molar-refractivity contribution in [1.29, 1.82) is 0 Å². The van der Waals surface area contributed by atoms with Crippen LogP contribution in [0.25, 0.3) is 0 Å². The van der Waals surface area contributed by atoms with Crippen molar-refractivity contribution in [2.45, 2.75) is 26.7 Å². The number of hydrogen-bond acceptors (Lipinski definition) is 3. The summed E-state index contributed by atoms with van der Waals surface area (Å²) in [4.78, 5) is 23.3.